The first-order valence-corrected chi connectivity index (χ1v) is 10.2. The van der Waals surface area contributed by atoms with E-state index < -0.39 is 0 Å². The Hall–Kier alpha value is 1.06. The van der Waals surface area contributed by atoms with E-state index in [0.717, 1.165) is 19.7 Å². The third kappa shape index (κ3) is 6.88. The van der Waals surface area contributed by atoms with Crippen LogP contribution in [0.25, 0.3) is 0 Å². The molecule has 1 fully saturated rings. The standard InChI is InChI=1S/C13H18Br2N2S2.ClH/c14-11-8-12(15)13(16-9-11)19-6-3-1-2-4-17-5-7-18-10-17;/h8-9H,1-7,10H2;1H. The van der Waals surface area contributed by atoms with Gasteiger partial charge in [0.1, 0.15) is 5.03 Å². The molecular weight excluding hydrogens is 444 g/mol. The number of thioether (sulfide) groups is 2. The van der Waals surface area contributed by atoms with Crippen LogP contribution in [0.2, 0.25) is 0 Å². The van der Waals surface area contributed by atoms with Crippen LogP contribution in [0.1, 0.15) is 19.3 Å². The van der Waals surface area contributed by atoms with Gasteiger partial charge < -0.3 is 0 Å². The van der Waals surface area contributed by atoms with Crippen molar-refractivity contribution in [1.29, 1.82) is 0 Å². The highest BCUT2D eigenvalue weighted by Gasteiger charge is 2.10. The summed E-state index contributed by atoms with van der Waals surface area (Å²) >= 11 is 10.9. The van der Waals surface area contributed by atoms with Gasteiger partial charge >= 0.3 is 0 Å². The molecule has 0 bridgehead atoms. The molecule has 0 saturated carbocycles. The Labute approximate surface area is 152 Å². The third-order valence-corrected chi connectivity index (χ3v) is 6.37. The Morgan fingerprint density at radius 3 is 2.85 bits per heavy atom. The average Bonchev–Trinajstić information content (AvgIpc) is 2.89. The minimum absolute atomic E-state index is 0. The van der Waals surface area contributed by atoms with Crippen LogP contribution in [0, 0.1) is 0 Å². The molecule has 1 aliphatic rings. The minimum Gasteiger partial charge on any atom is -0.293 e. The smallest absolute Gasteiger partial charge is 0.110 e. The van der Waals surface area contributed by atoms with E-state index in [-0.39, 0.29) is 12.4 Å². The first kappa shape index (κ1) is 19.1. The molecule has 0 atom stereocenters. The van der Waals surface area contributed by atoms with Gasteiger partial charge in [-0.05, 0) is 63.1 Å². The second-order valence-corrected chi connectivity index (χ2v) is 8.43. The molecule has 1 saturated heterocycles. The van der Waals surface area contributed by atoms with Crippen molar-refractivity contribution >= 4 is 67.8 Å². The summed E-state index contributed by atoms with van der Waals surface area (Å²) in [7, 11) is 0. The minimum atomic E-state index is 0. The molecule has 0 N–H and O–H groups in total. The lowest BCUT2D eigenvalue weighted by Crippen LogP contribution is -2.20. The molecular formula is C13H19Br2ClN2S2. The lowest BCUT2D eigenvalue weighted by Gasteiger charge is -2.12. The first-order chi connectivity index (χ1) is 9.25. The fourth-order valence-corrected chi connectivity index (χ4v) is 5.15. The largest absolute Gasteiger partial charge is 0.293 e. The molecule has 0 unspecified atom stereocenters. The van der Waals surface area contributed by atoms with Gasteiger partial charge in [0.05, 0.1) is 4.47 Å². The maximum Gasteiger partial charge on any atom is 0.110 e. The summed E-state index contributed by atoms with van der Waals surface area (Å²) in [5.41, 5.74) is 0. The van der Waals surface area contributed by atoms with E-state index in [1.807, 2.05) is 18.0 Å². The maximum absolute atomic E-state index is 4.42. The summed E-state index contributed by atoms with van der Waals surface area (Å²) in [6.07, 6.45) is 5.78. The molecule has 1 aromatic rings. The summed E-state index contributed by atoms with van der Waals surface area (Å²) in [6, 6.07) is 2.06. The predicted octanol–water partition coefficient (Wildman–Crippen LogP) is 5.30. The van der Waals surface area contributed by atoms with Crippen molar-refractivity contribution in [2.24, 2.45) is 0 Å². The molecule has 2 rings (SSSR count). The number of hydrogen-bond acceptors (Lipinski definition) is 4. The molecule has 0 spiro atoms. The van der Waals surface area contributed by atoms with Gasteiger partial charge in [-0.15, -0.1) is 35.9 Å². The fraction of sp³-hybridized carbons (Fsp3) is 0.615. The lowest BCUT2D eigenvalue weighted by atomic mass is 10.2. The molecule has 114 valence electrons. The van der Waals surface area contributed by atoms with Crippen molar-refractivity contribution in [3.63, 3.8) is 0 Å². The molecule has 0 aliphatic carbocycles. The highest BCUT2D eigenvalue weighted by atomic mass is 79.9. The zero-order chi connectivity index (χ0) is 13.5. The molecule has 2 nitrogen and oxygen atoms in total. The van der Waals surface area contributed by atoms with Crippen molar-refractivity contribution in [1.82, 2.24) is 9.88 Å². The Morgan fingerprint density at radius 1 is 1.30 bits per heavy atom. The van der Waals surface area contributed by atoms with E-state index in [1.165, 1.54) is 44.0 Å². The van der Waals surface area contributed by atoms with Crippen LogP contribution in [-0.4, -0.2) is 40.4 Å². The van der Waals surface area contributed by atoms with Gasteiger partial charge in [0, 0.05) is 28.8 Å². The number of unbranched alkanes of at least 4 members (excludes halogenated alkanes) is 2. The van der Waals surface area contributed by atoms with Crippen molar-refractivity contribution in [2.45, 2.75) is 24.3 Å². The van der Waals surface area contributed by atoms with Gasteiger partial charge in [-0.3, -0.25) is 4.90 Å². The number of hydrogen-bond donors (Lipinski definition) is 0. The van der Waals surface area contributed by atoms with Crippen LogP contribution in [0.4, 0.5) is 0 Å². The van der Waals surface area contributed by atoms with E-state index in [9.17, 15) is 0 Å². The van der Waals surface area contributed by atoms with Gasteiger partial charge in [-0.25, -0.2) is 4.98 Å². The molecule has 0 aromatic carbocycles. The average molecular weight is 463 g/mol. The SMILES string of the molecule is Brc1cnc(SCCCCCN2CCSC2)c(Br)c1.Cl. The fourth-order valence-electron chi connectivity index (χ4n) is 1.92. The van der Waals surface area contributed by atoms with Gasteiger partial charge in [0.2, 0.25) is 0 Å². The van der Waals surface area contributed by atoms with Crippen molar-refractivity contribution < 1.29 is 0 Å². The number of pyridine rings is 1. The van der Waals surface area contributed by atoms with Gasteiger partial charge in [-0.1, -0.05) is 6.42 Å². The zero-order valence-corrected chi connectivity index (χ0v) is 16.8. The number of aromatic nitrogens is 1. The normalized spacial score (nSPS) is 15.3. The quantitative estimate of drug-likeness (QED) is 0.404. The van der Waals surface area contributed by atoms with Crippen molar-refractivity contribution in [3.8, 4) is 0 Å². The summed E-state index contributed by atoms with van der Waals surface area (Å²) < 4.78 is 2.10. The summed E-state index contributed by atoms with van der Waals surface area (Å²) in [5.74, 6) is 3.71. The Balaban J connectivity index is 0.00000200. The lowest BCUT2D eigenvalue weighted by molar-refractivity contribution is 0.346. The van der Waals surface area contributed by atoms with Crippen LogP contribution in [0.5, 0.6) is 0 Å². The number of nitrogens with zero attached hydrogens (tertiary/aromatic N) is 2. The molecule has 7 heteroatoms. The van der Waals surface area contributed by atoms with Crippen molar-refractivity contribution in [3.05, 3.63) is 21.2 Å². The highest BCUT2D eigenvalue weighted by molar-refractivity contribution is 9.11. The Kier molecular flexibility index (Phi) is 10.3. The molecule has 20 heavy (non-hydrogen) atoms. The van der Waals surface area contributed by atoms with Gasteiger partial charge in [0.25, 0.3) is 0 Å². The molecule has 1 aromatic heterocycles. The van der Waals surface area contributed by atoms with Crippen LogP contribution >= 0.6 is 67.8 Å². The summed E-state index contributed by atoms with van der Waals surface area (Å²) in [5, 5.41) is 1.10. The topological polar surface area (TPSA) is 16.1 Å². The number of rotatable bonds is 7. The van der Waals surface area contributed by atoms with Gasteiger partial charge in [-0.2, -0.15) is 0 Å². The zero-order valence-electron chi connectivity index (χ0n) is 11.2. The Bertz CT molecular complexity index is 404. The second kappa shape index (κ2) is 10.7. The van der Waals surface area contributed by atoms with E-state index in [2.05, 4.69) is 59.6 Å². The van der Waals surface area contributed by atoms with Crippen LogP contribution in [0.3, 0.4) is 0 Å². The highest BCUT2D eigenvalue weighted by Crippen LogP contribution is 2.28. The molecule has 2 heterocycles. The van der Waals surface area contributed by atoms with E-state index in [1.54, 1.807) is 0 Å². The molecule has 0 amide bonds. The molecule has 0 radical (unpaired) electrons. The summed E-state index contributed by atoms with van der Waals surface area (Å²) in [4.78, 5) is 6.98. The summed E-state index contributed by atoms with van der Waals surface area (Å²) in [6.45, 7) is 2.56. The number of halogens is 3. The van der Waals surface area contributed by atoms with Crippen molar-refractivity contribution in [2.75, 3.05) is 30.5 Å². The van der Waals surface area contributed by atoms with E-state index >= 15 is 0 Å². The van der Waals surface area contributed by atoms with E-state index in [0.29, 0.717) is 0 Å². The van der Waals surface area contributed by atoms with Crippen LogP contribution < -0.4 is 0 Å². The molecule has 1 aliphatic heterocycles. The monoisotopic (exact) mass is 460 g/mol. The van der Waals surface area contributed by atoms with Crippen LogP contribution in [0.15, 0.2) is 26.2 Å². The Morgan fingerprint density at radius 2 is 2.15 bits per heavy atom. The predicted molar refractivity (Wildman–Crippen MR) is 100 cm³/mol. The van der Waals surface area contributed by atoms with E-state index in [4.69, 9.17) is 0 Å². The maximum atomic E-state index is 4.42. The van der Waals surface area contributed by atoms with Crippen LogP contribution in [-0.2, 0) is 0 Å². The first-order valence-electron chi connectivity index (χ1n) is 6.49. The second-order valence-electron chi connectivity index (χ2n) is 4.51. The third-order valence-electron chi connectivity index (χ3n) is 2.96. The van der Waals surface area contributed by atoms with Gasteiger partial charge in [0.15, 0.2) is 0 Å².